The second-order valence-electron chi connectivity index (χ2n) is 5.40. The number of carbonyl (C=O) groups is 1. The van der Waals surface area contributed by atoms with E-state index in [1.807, 2.05) is 0 Å². The largest absolute Gasteiger partial charge is 0.345 e. The van der Waals surface area contributed by atoms with E-state index in [0.717, 1.165) is 19.3 Å². The molecule has 2 rings (SSSR count). The molecule has 19 heavy (non-hydrogen) atoms. The van der Waals surface area contributed by atoms with Gasteiger partial charge in [-0.05, 0) is 24.8 Å². The molecule has 2 unspecified atom stereocenters. The molecule has 1 saturated carbocycles. The van der Waals surface area contributed by atoms with E-state index in [0.29, 0.717) is 18.0 Å². The Morgan fingerprint density at radius 3 is 3.00 bits per heavy atom. The van der Waals surface area contributed by atoms with Crippen LogP contribution in [-0.2, 0) is 0 Å². The SMILES string of the molecule is CC1CCCCC1(CN)NC(=O)c1cc[nH]c(=O)c1. The van der Waals surface area contributed by atoms with Gasteiger partial charge < -0.3 is 16.0 Å². The average molecular weight is 263 g/mol. The molecule has 0 aromatic carbocycles. The fourth-order valence-electron chi connectivity index (χ4n) is 2.84. The number of rotatable bonds is 3. The van der Waals surface area contributed by atoms with Crippen LogP contribution in [-0.4, -0.2) is 23.0 Å². The van der Waals surface area contributed by atoms with Crippen LogP contribution < -0.4 is 16.6 Å². The Labute approximate surface area is 112 Å². The molecule has 1 aromatic rings. The summed E-state index contributed by atoms with van der Waals surface area (Å²) in [4.78, 5) is 26.0. The van der Waals surface area contributed by atoms with Crippen LogP contribution in [0.25, 0.3) is 0 Å². The highest BCUT2D eigenvalue weighted by Crippen LogP contribution is 2.33. The second-order valence-corrected chi connectivity index (χ2v) is 5.40. The van der Waals surface area contributed by atoms with Gasteiger partial charge in [-0.1, -0.05) is 19.8 Å². The fourth-order valence-corrected chi connectivity index (χ4v) is 2.84. The van der Waals surface area contributed by atoms with Gasteiger partial charge in [0.05, 0.1) is 5.54 Å². The Balaban J connectivity index is 2.18. The Hall–Kier alpha value is -1.62. The van der Waals surface area contributed by atoms with E-state index in [4.69, 9.17) is 5.73 Å². The maximum absolute atomic E-state index is 12.3. The van der Waals surface area contributed by atoms with Gasteiger partial charge in [0.15, 0.2) is 0 Å². The molecule has 0 aliphatic heterocycles. The summed E-state index contributed by atoms with van der Waals surface area (Å²) in [6.07, 6.45) is 5.73. The summed E-state index contributed by atoms with van der Waals surface area (Å²) < 4.78 is 0. The number of hydrogen-bond acceptors (Lipinski definition) is 3. The number of aromatic amines is 1. The molecule has 1 heterocycles. The van der Waals surface area contributed by atoms with E-state index in [9.17, 15) is 9.59 Å². The number of H-pyrrole nitrogens is 1. The maximum Gasteiger partial charge on any atom is 0.252 e. The van der Waals surface area contributed by atoms with Crippen molar-refractivity contribution in [2.75, 3.05) is 6.54 Å². The van der Waals surface area contributed by atoms with Crippen molar-refractivity contribution < 1.29 is 4.79 Å². The van der Waals surface area contributed by atoms with Crippen LogP contribution in [0.5, 0.6) is 0 Å². The lowest BCUT2D eigenvalue weighted by Gasteiger charge is -2.42. The van der Waals surface area contributed by atoms with Gasteiger partial charge in [0.1, 0.15) is 0 Å². The predicted octanol–water partition coefficient (Wildman–Crippen LogP) is 1.01. The number of amides is 1. The van der Waals surface area contributed by atoms with Crippen molar-refractivity contribution in [3.63, 3.8) is 0 Å². The third-order valence-electron chi connectivity index (χ3n) is 4.22. The lowest BCUT2D eigenvalue weighted by molar-refractivity contribution is 0.0812. The topological polar surface area (TPSA) is 88.0 Å². The molecule has 2 atom stereocenters. The monoisotopic (exact) mass is 263 g/mol. The van der Waals surface area contributed by atoms with E-state index >= 15 is 0 Å². The molecule has 0 saturated heterocycles. The molecule has 1 aromatic heterocycles. The van der Waals surface area contributed by atoms with Crippen LogP contribution >= 0.6 is 0 Å². The van der Waals surface area contributed by atoms with Gasteiger partial charge in [-0.15, -0.1) is 0 Å². The Morgan fingerprint density at radius 1 is 1.58 bits per heavy atom. The Kier molecular flexibility index (Phi) is 4.04. The number of carbonyl (C=O) groups excluding carboxylic acids is 1. The van der Waals surface area contributed by atoms with E-state index in [2.05, 4.69) is 17.2 Å². The average Bonchev–Trinajstić information content (AvgIpc) is 2.41. The summed E-state index contributed by atoms with van der Waals surface area (Å²) in [6.45, 7) is 2.56. The third kappa shape index (κ3) is 2.87. The number of hydrogen-bond donors (Lipinski definition) is 3. The van der Waals surface area contributed by atoms with Crippen molar-refractivity contribution in [3.05, 3.63) is 34.2 Å². The summed E-state index contributed by atoms with van der Waals surface area (Å²) in [5.74, 6) is 0.141. The van der Waals surface area contributed by atoms with Gasteiger partial charge in [0, 0.05) is 24.4 Å². The van der Waals surface area contributed by atoms with Gasteiger partial charge in [-0.3, -0.25) is 9.59 Å². The number of nitrogens with two attached hydrogens (primary N) is 1. The zero-order chi connectivity index (χ0) is 13.9. The van der Waals surface area contributed by atoms with Crippen molar-refractivity contribution in [2.24, 2.45) is 11.7 Å². The Bertz CT molecular complexity index is 511. The molecule has 1 aliphatic carbocycles. The molecule has 1 fully saturated rings. The summed E-state index contributed by atoms with van der Waals surface area (Å²) in [5, 5.41) is 3.06. The fraction of sp³-hybridized carbons (Fsp3) is 0.571. The molecule has 104 valence electrons. The third-order valence-corrected chi connectivity index (χ3v) is 4.22. The summed E-state index contributed by atoms with van der Waals surface area (Å²) in [5.41, 5.74) is 5.68. The molecule has 1 amide bonds. The minimum Gasteiger partial charge on any atom is -0.345 e. The van der Waals surface area contributed by atoms with Crippen molar-refractivity contribution in [3.8, 4) is 0 Å². The van der Waals surface area contributed by atoms with Gasteiger partial charge in [-0.2, -0.15) is 0 Å². The Morgan fingerprint density at radius 2 is 2.37 bits per heavy atom. The normalized spacial score (nSPS) is 26.9. The molecule has 0 radical (unpaired) electrons. The van der Waals surface area contributed by atoms with Crippen molar-refractivity contribution in [1.29, 1.82) is 0 Å². The first kappa shape index (κ1) is 13.8. The minimum absolute atomic E-state index is 0.217. The molecule has 1 aliphatic rings. The van der Waals surface area contributed by atoms with Crippen LogP contribution in [0.2, 0.25) is 0 Å². The second kappa shape index (κ2) is 5.57. The zero-order valence-electron chi connectivity index (χ0n) is 11.2. The first-order valence-corrected chi connectivity index (χ1v) is 6.79. The van der Waals surface area contributed by atoms with Gasteiger partial charge in [-0.25, -0.2) is 0 Å². The highest BCUT2D eigenvalue weighted by molar-refractivity contribution is 5.94. The molecule has 0 spiro atoms. The summed E-state index contributed by atoms with van der Waals surface area (Å²) >= 11 is 0. The zero-order valence-corrected chi connectivity index (χ0v) is 11.2. The lowest BCUT2D eigenvalue weighted by atomic mass is 9.73. The van der Waals surface area contributed by atoms with Gasteiger partial charge >= 0.3 is 0 Å². The van der Waals surface area contributed by atoms with Crippen LogP contribution in [0.3, 0.4) is 0 Å². The summed E-state index contributed by atoms with van der Waals surface area (Å²) in [6, 6.07) is 2.92. The predicted molar refractivity (Wildman–Crippen MR) is 73.9 cm³/mol. The first-order valence-electron chi connectivity index (χ1n) is 6.79. The van der Waals surface area contributed by atoms with Crippen LogP contribution in [0.15, 0.2) is 23.1 Å². The molecular weight excluding hydrogens is 242 g/mol. The number of aromatic nitrogens is 1. The maximum atomic E-state index is 12.3. The first-order chi connectivity index (χ1) is 9.07. The molecular formula is C14H21N3O2. The van der Waals surface area contributed by atoms with E-state index in [1.54, 1.807) is 6.07 Å². The van der Waals surface area contributed by atoms with Crippen molar-refractivity contribution >= 4 is 5.91 Å². The standard InChI is InChI=1S/C14H21N3O2/c1-10-4-2-3-6-14(10,9-15)17-13(19)11-5-7-16-12(18)8-11/h5,7-8,10H,2-4,6,9,15H2,1H3,(H,16,18)(H,17,19). The quantitative estimate of drug-likeness (QED) is 0.760. The van der Waals surface area contributed by atoms with Crippen LogP contribution in [0, 0.1) is 5.92 Å². The summed E-state index contributed by atoms with van der Waals surface area (Å²) in [7, 11) is 0. The van der Waals surface area contributed by atoms with Gasteiger partial charge in [0.2, 0.25) is 5.56 Å². The van der Waals surface area contributed by atoms with Crippen LogP contribution in [0.1, 0.15) is 43.0 Å². The van der Waals surface area contributed by atoms with Gasteiger partial charge in [0.25, 0.3) is 5.91 Å². The van der Waals surface area contributed by atoms with E-state index < -0.39 is 0 Å². The molecule has 4 N–H and O–H groups in total. The van der Waals surface area contributed by atoms with Crippen LogP contribution in [0.4, 0.5) is 0 Å². The highest BCUT2D eigenvalue weighted by atomic mass is 16.2. The molecule has 0 bridgehead atoms. The number of pyridine rings is 1. The lowest BCUT2D eigenvalue weighted by Crippen LogP contribution is -2.59. The minimum atomic E-state index is -0.335. The van der Waals surface area contributed by atoms with Crippen molar-refractivity contribution in [2.45, 2.75) is 38.1 Å². The molecule has 5 heteroatoms. The van der Waals surface area contributed by atoms with Crippen molar-refractivity contribution in [1.82, 2.24) is 10.3 Å². The smallest absolute Gasteiger partial charge is 0.252 e. The van der Waals surface area contributed by atoms with E-state index in [1.165, 1.54) is 18.7 Å². The number of nitrogens with one attached hydrogen (secondary N) is 2. The van der Waals surface area contributed by atoms with E-state index in [-0.39, 0.29) is 17.0 Å². The highest BCUT2D eigenvalue weighted by Gasteiger charge is 2.38. The molecule has 5 nitrogen and oxygen atoms in total.